The molecule has 1 heterocycles. The molecule has 0 atom stereocenters. The van der Waals surface area contributed by atoms with Crippen molar-refractivity contribution < 1.29 is 8.42 Å². The van der Waals surface area contributed by atoms with Crippen molar-refractivity contribution in [3.63, 3.8) is 0 Å². The van der Waals surface area contributed by atoms with Crippen LogP contribution in [0, 0.1) is 6.92 Å². The number of hydrogen-bond donors (Lipinski definition) is 3. The predicted molar refractivity (Wildman–Crippen MR) is 88.7 cm³/mol. The SMILES string of the molecule is CNCc1c(S(=O)(=O)Nc2cc(Br)ccc2Br)n[nH]c1C. The van der Waals surface area contributed by atoms with E-state index in [-0.39, 0.29) is 5.03 Å². The molecule has 0 saturated carbocycles. The largest absolute Gasteiger partial charge is 0.316 e. The van der Waals surface area contributed by atoms with E-state index in [9.17, 15) is 8.42 Å². The van der Waals surface area contributed by atoms with Crippen molar-refractivity contribution in [2.24, 2.45) is 0 Å². The molecule has 0 saturated heterocycles. The van der Waals surface area contributed by atoms with Gasteiger partial charge in [-0.2, -0.15) is 13.5 Å². The summed E-state index contributed by atoms with van der Waals surface area (Å²) in [5.41, 5.74) is 1.79. The number of anilines is 1. The Morgan fingerprint density at radius 3 is 2.71 bits per heavy atom. The summed E-state index contributed by atoms with van der Waals surface area (Å²) in [6.07, 6.45) is 0. The van der Waals surface area contributed by atoms with Crippen LogP contribution in [-0.2, 0) is 16.6 Å². The topological polar surface area (TPSA) is 86.9 Å². The zero-order valence-electron chi connectivity index (χ0n) is 11.4. The summed E-state index contributed by atoms with van der Waals surface area (Å²) >= 11 is 6.64. The van der Waals surface area contributed by atoms with Crippen LogP contribution < -0.4 is 10.0 Å². The van der Waals surface area contributed by atoms with E-state index < -0.39 is 10.0 Å². The summed E-state index contributed by atoms with van der Waals surface area (Å²) in [7, 11) is -2.02. The number of aromatic nitrogens is 2. The highest BCUT2D eigenvalue weighted by molar-refractivity contribution is 9.11. The molecule has 0 amide bonds. The van der Waals surface area contributed by atoms with Crippen molar-refractivity contribution in [2.75, 3.05) is 11.8 Å². The lowest BCUT2D eigenvalue weighted by atomic mass is 10.3. The van der Waals surface area contributed by atoms with Crippen molar-refractivity contribution >= 4 is 47.6 Å². The van der Waals surface area contributed by atoms with Gasteiger partial charge in [-0.05, 0) is 48.1 Å². The molecule has 0 fully saturated rings. The molecule has 1 aromatic carbocycles. The second-order valence-electron chi connectivity index (χ2n) is 4.39. The molecule has 0 bridgehead atoms. The van der Waals surface area contributed by atoms with Crippen molar-refractivity contribution in [2.45, 2.75) is 18.5 Å². The Balaban J connectivity index is 2.41. The van der Waals surface area contributed by atoms with Crippen LogP contribution in [0.3, 0.4) is 0 Å². The first-order chi connectivity index (χ1) is 9.85. The Labute approximate surface area is 140 Å². The Morgan fingerprint density at radius 1 is 1.33 bits per heavy atom. The number of aromatic amines is 1. The van der Waals surface area contributed by atoms with Crippen LogP contribution in [-0.4, -0.2) is 25.7 Å². The zero-order chi connectivity index (χ0) is 15.6. The lowest BCUT2D eigenvalue weighted by molar-refractivity contribution is 0.595. The molecule has 114 valence electrons. The number of hydrogen-bond acceptors (Lipinski definition) is 4. The highest BCUT2D eigenvalue weighted by Gasteiger charge is 2.24. The van der Waals surface area contributed by atoms with Gasteiger partial charge in [0.15, 0.2) is 0 Å². The van der Waals surface area contributed by atoms with Crippen molar-refractivity contribution in [1.29, 1.82) is 0 Å². The van der Waals surface area contributed by atoms with E-state index in [0.29, 0.717) is 22.3 Å². The van der Waals surface area contributed by atoms with Gasteiger partial charge in [0.1, 0.15) is 0 Å². The van der Waals surface area contributed by atoms with Gasteiger partial charge in [-0.25, -0.2) is 0 Å². The Morgan fingerprint density at radius 2 is 2.05 bits per heavy atom. The minimum absolute atomic E-state index is 0.00113. The van der Waals surface area contributed by atoms with E-state index in [4.69, 9.17) is 0 Å². The number of nitrogens with one attached hydrogen (secondary N) is 3. The third kappa shape index (κ3) is 3.65. The lowest BCUT2D eigenvalue weighted by Gasteiger charge is -2.10. The quantitative estimate of drug-likeness (QED) is 0.671. The molecule has 0 radical (unpaired) electrons. The van der Waals surface area contributed by atoms with Crippen LogP contribution in [0.5, 0.6) is 0 Å². The van der Waals surface area contributed by atoms with Gasteiger partial charge in [-0.1, -0.05) is 15.9 Å². The van der Waals surface area contributed by atoms with Gasteiger partial charge in [0.2, 0.25) is 5.03 Å². The number of sulfonamides is 1. The van der Waals surface area contributed by atoms with Gasteiger partial charge in [-0.3, -0.25) is 9.82 Å². The van der Waals surface area contributed by atoms with Gasteiger partial charge < -0.3 is 5.32 Å². The van der Waals surface area contributed by atoms with Gasteiger partial charge in [0.25, 0.3) is 10.0 Å². The Kier molecular flexibility index (Phi) is 5.07. The fourth-order valence-electron chi connectivity index (χ4n) is 1.81. The predicted octanol–water partition coefficient (Wildman–Crippen LogP) is 2.76. The molecular formula is C12H14Br2N4O2S. The molecule has 0 aliphatic rings. The second kappa shape index (κ2) is 6.47. The van der Waals surface area contributed by atoms with Crippen LogP contribution in [0.1, 0.15) is 11.3 Å². The number of benzene rings is 1. The smallest absolute Gasteiger partial charge is 0.281 e. The fraction of sp³-hybridized carbons (Fsp3) is 0.250. The molecule has 0 aliphatic carbocycles. The van der Waals surface area contributed by atoms with Gasteiger partial charge in [-0.15, -0.1) is 0 Å². The number of nitrogens with zero attached hydrogens (tertiary/aromatic N) is 1. The van der Waals surface area contributed by atoms with Crippen molar-refractivity contribution in [1.82, 2.24) is 15.5 Å². The Bertz CT molecular complexity index is 759. The van der Waals surface area contributed by atoms with Crippen LogP contribution >= 0.6 is 31.9 Å². The van der Waals surface area contributed by atoms with E-state index in [0.717, 1.165) is 10.2 Å². The van der Waals surface area contributed by atoms with Gasteiger partial charge in [0, 0.05) is 26.7 Å². The highest BCUT2D eigenvalue weighted by atomic mass is 79.9. The maximum atomic E-state index is 12.5. The van der Waals surface area contributed by atoms with Crippen LogP contribution in [0.2, 0.25) is 0 Å². The second-order valence-corrected chi connectivity index (χ2v) is 7.76. The van der Waals surface area contributed by atoms with E-state index in [1.165, 1.54) is 0 Å². The van der Waals surface area contributed by atoms with E-state index in [1.54, 1.807) is 26.1 Å². The first kappa shape index (κ1) is 16.5. The molecule has 3 N–H and O–H groups in total. The number of aryl methyl sites for hydroxylation is 1. The van der Waals surface area contributed by atoms with Crippen LogP contribution in [0.25, 0.3) is 0 Å². The number of rotatable bonds is 5. The minimum atomic E-state index is -3.77. The third-order valence-electron chi connectivity index (χ3n) is 2.82. The molecule has 21 heavy (non-hydrogen) atoms. The molecule has 2 aromatic rings. The average Bonchev–Trinajstić information content (AvgIpc) is 2.77. The third-order valence-corrected chi connectivity index (χ3v) is 5.34. The summed E-state index contributed by atoms with van der Waals surface area (Å²) in [5.74, 6) is 0. The molecule has 1 aromatic heterocycles. The Hall–Kier alpha value is -0.900. The fourth-order valence-corrected chi connectivity index (χ4v) is 3.91. The normalized spacial score (nSPS) is 11.6. The first-order valence-electron chi connectivity index (χ1n) is 6.01. The first-order valence-corrected chi connectivity index (χ1v) is 9.08. The zero-order valence-corrected chi connectivity index (χ0v) is 15.4. The number of H-pyrrole nitrogens is 1. The van der Waals surface area contributed by atoms with E-state index in [2.05, 4.69) is 52.1 Å². The monoisotopic (exact) mass is 436 g/mol. The lowest BCUT2D eigenvalue weighted by Crippen LogP contribution is -2.17. The van der Waals surface area contributed by atoms with E-state index >= 15 is 0 Å². The molecule has 0 unspecified atom stereocenters. The maximum Gasteiger partial charge on any atom is 0.281 e. The molecule has 0 spiro atoms. The average molecular weight is 438 g/mol. The van der Waals surface area contributed by atoms with E-state index in [1.807, 2.05) is 6.07 Å². The summed E-state index contributed by atoms with van der Waals surface area (Å²) in [5, 5.41) is 9.56. The summed E-state index contributed by atoms with van der Waals surface area (Å²) in [4.78, 5) is 0. The highest BCUT2D eigenvalue weighted by Crippen LogP contribution is 2.29. The molecule has 2 rings (SSSR count). The molecular weight excluding hydrogens is 424 g/mol. The van der Waals surface area contributed by atoms with Gasteiger partial charge in [0.05, 0.1) is 5.69 Å². The van der Waals surface area contributed by atoms with Gasteiger partial charge >= 0.3 is 0 Å². The number of halogens is 2. The van der Waals surface area contributed by atoms with Crippen LogP contribution in [0.4, 0.5) is 5.69 Å². The molecule has 0 aliphatic heterocycles. The summed E-state index contributed by atoms with van der Waals surface area (Å²) < 4.78 is 29.0. The van der Waals surface area contributed by atoms with Crippen molar-refractivity contribution in [3.05, 3.63) is 38.4 Å². The summed E-state index contributed by atoms with van der Waals surface area (Å²) in [6.45, 7) is 2.20. The molecule has 6 nitrogen and oxygen atoms in total. The van der Waals surface area contributed by atoms with Crippen molar-refractivity contribution in [3.8, 4) is 0 Å². The standard InChI is InChI=1S/C12H14Br2N4O2S/c1-7-9(6-15-2)12(17-16-7)21(19,20)18-11-5-8(13)3-4-10(11)14/h3-5,15,18H,6H2,1-2H3,(H,16,17). The maximum absolute atomic E-state index is 12.5. The summed E-state index contributed by atoms with van der Waals surface area (Å²) in [6, 6.07) is 5.25. The minimum Gasteiger partial charge on any atom is -0.316 e. The van der Waals surface area contributed by atoms with Crippen LogP contribution in [0.15, 0.2) is 32.2 Å². The molecule has 9 heteroatoms.